The standard InChI is InChI=1S/C11H13N5O4S/c1-16-6-9(21(12,18)19)10(15-16)14-11(17)7-3-4-13-5-8(7)20-2/h3-6H,1-2H3,(H2,12,18,19)(H,14,15,17). The van der Waals surface area contributed by atoms with Crippen molar-refractivity contribution in [3.8, 4) is 5.75 Å². The minimum atomic E-state index is -4.00. The smallest absolute Gasteiger partial charge is 0.260 e. The van der Waals surface area contributed by atoms with Gasteiger partial charge in [-0.25, -0.2) is 13.6 Å². The van der Waals surface area contributed by atoms with Gasteiger partial charge in [0.2, 0.25) is 10.0 Å². The van der Waals surface area contributed by atoms with Crippen molar-refractivity contribution < 1.29 is 17.9 Å². The molecule has 0 aliphatic rings. The van der Waals surface area contributed by atoms with E-state index >= 15 is 0 Å². The second-order valence-electron chi connectivity index (χ2n) is 4.09. The first kappa shape index (κ1) is 14.9. The molecule has 2 aromatic heterocycles. The number of sulfonamides is 1. The highest BCUT2D eigenvalue weighted by Gasteiger charge is 2.21. The molecule has 0 aliphatic carbocycles. The van der Waals surface area contributed by atoms with Crippen LogP contribution in [0.25, 0.3) is 0 Å². The summed E-state index contributed by atoms with van der Waals surface area (Å²) in [6.07, 6.45) is 3.99. The average Bonchev–Trinajstić information content (AvgIpc) is 2.79. The zero-order valence-corrected chi connectivity index (χ0v) is 12.1. The third-order valence-electron chi connectivity index (χ3n) is 2.58. The Morgan fingerprint density at radius 3 is 2.81 bits per heavy atom. The summed E-state index contributed by atoms with van der Waals surface area (Å²) in [5, 5.41) is 11.3. The molecular formula is C11H13N5O4S. The lowest BCUT2D eigenvalue weighted by molar-refractivity contribution is 0.102. The molecule has 0 saturated carbocycles. The van der Waals surface area contributed by atoms with Gasteiger partial charge in [-0.2, -0.15) is 5.10 Å². The summed E-state index contributed by atoms with van der Waals surface area (Å²) in [4.78, 5) is 15.7. The Morgan fingerprint density at radius 1 is 1.48 bits per heavy atom. The van der Waals surface area contributed by atoms with Crippen molar-refractivity contribution in [3.05, 3.63) is 30.2 Å². The van der Waals surface area contributed by atoms with E-state index in [0.29, 0.717) is 0 Å². The number of hydrogen-bond donors (Lipinski definition) is 2. The van der Waals surface area contributed by atoms with Crippen LogP contribution in [0.15, 0.2) is 29.6 Å². The van der Waals surface area contributed by atoms with Crippen molar-refractivity contribution in [1.29, 1.82) is 0 Å². The van der Waals surface area contributed by atoms with Gasteiger partial charge in [0, 0.05) is 19.4 Å². The van der Waals surface area contributed by atoms with Crippen LogP contribution in [0.2, 0.25) is 0 Å². The molecule has 0 radical (unpaired) electrons. The Bertz CT molecular complexity index is 784. The lowest BCUT2D eigenvalue weighted by Gasteiger charge is -2.07. The predicted octanol–water partition coefficient (Wildman–Crippen LogP) is -0.277. The number of ether oxygens (including phenoxy) is 1. The third kappa shape index (κ3) is 3.17. The molecule has 0 unspecified atom stereocenters. The van der Waals surface area contributed by atoms with Crippen LogP contribution in [0.5, 0.6) is 5.75 Å². The minimum Gasteiger partial charge on any atom is -0.494 e. The zero-order chi connectivity index (χ0) is 15.6. The number of rotatable bonds is 4. The molecule has 2 heterocycles. The summed E-state index contributed by atoms with van der Waals surface area (Å²) in [5.74, 6) is -0.482. The van der Waals surface area contributed by atoms with Crippen molar-refractivity contribution >= 4 is 21.7 Å². The SMILES string of the molecule is COc1cnccc1C(=O)Nc1nn(C)cc1S(N)(=O)=O. The van der Waals surface area contributed by atoms with Crippen molar-refractivity contribution in [2.24, 2.45) is 12.2 Å². The molecule has 9 nitrogen and oxygen atoms in total. The third-order valence-corrected chi connectivity index (χ3v) is 3.49. The van der Waals surface area contributed by atoms with E-state index in [1.54, 1.807) is 0 Å². The van der Waals surface area contributed by atoms with Crippen LogP contribution in [0.1, 0.15) is 10.4 Å². The first-order chi connectivity index (χ1) is 9.82. The summed E-state index contributed by atoms with van der Waals surface area (Å²) < 4.78 is 29.1. The largest absolute Gasteiger partial charge is 0.494 e. The second-order valence-corrected chi connectivity index (χ2v) is 5.62. The first-order valence-corrected chi connectivity index (χ1v) is 7.23. The number of carbonyl (C=O) groups is 1. The summed E-state index contributed by atoms with van der Waals surface area (Å²) in [6.45, 7) is 0. The molecule has 0 atom stereocenters. The molecule has 1 amide bonds. The molecule has 2 aromatic rings. The Kier molecular flexibility index (Phi) is 3.91. The molecule has 3 N–H and O–H groups in total. The number of nitrogens with one attached hydrogen (secondary N) is 1. The van der Waals surface area contributed by atoms with Crippen molar-refractivity contribution in [2.45, 2.75) is 4.90 Å². The van der Waals surface area contributed by atoms with Crippen LogP contribution in [0.3, 0.4) is 0 Å². The van der Waals surface area contributed by atoms with Crippen LogP contribution in [-0.4, -0.2) is 36.2 Å². The minimum absolute atomic E-state index is 0.149. The average molecular weight is 311 g/mol. The maximum atomic E-state index is 12.2. The quantitative estimate of drug-likeness (QED) is 0.799. The summed E-state index contributed by atoms with van der Waals surface area (Å²) in [6, 6.07) is 1.44. The highest BCUT2D eigenvalue weighted by atomic mass is 32.2. The Labute approximate surface area is 120 Å². The summed E-state index contributed by atoms with van der Waals surface area (Å²) in [7, 11) is -1.09. The van der Waals surface area contributed by atoms with Crippen LogP contribution < -0.4 is 15.2 Å². The van der Waals surface area contributed by atoms with Crippen LogP contribution in [-0.2, 0) is 17.1 Å². The van der Waals surface area contributed by atoms with Gasteiger partial charge in [0.25, 0.3) is 5.91 Å². The van der Waals surface area contributed by atoms with E-state index in [2.05, 4.69) is 15.4 Å². The van der Waals surface area contributed by atoms with E-state index < -0.39 is 15.9 Å². The number of carbonyl (C=O) groups excluding carboxylic acids is 1. The molecule has 10 heteroatoms. The number of aryl methyl sites for hydroxylation is 1. The molecule has 0 aromatic carbocycles. The maximum absolute atomic E-state index is 12.2. The highest BCUT2D eigenvalue weighted by Crippen LogP contribution is 2.21. The van der Waals surface area contributed by atoms with Gasteiger partial charge < -0.3 is 10.1 Å². The molecule has 0 bridgehead atoms. The van der Waals surface area contributed by atoms with Crippen LogP contribution in [0, 0.1) is 0 Å². The van der Waals surface area contributed by atoms with E-state index in [4.69, 9.17) is 9.88 Å². The van der Waals surface area contributed by atoms with Crippen molar-refractivity contribution in [2.75, 3.05) is 12.4 Å². The normalized spacial score (nSPS) is 11.2. The fraction of sp³-hybridized carbons (Fsp3) is 0.182. The Morgan fingerprint density at radius 2 is 2.19 bits per heavy atom. The molecule has 112 valence electrons. The fourth-order valence-electron chi connectivity index (χ4n) is 1.67. The number of methoxy groups -OCH3 is 1. The molecular weight excluding hydrogens is 298 g/mol. The van der Waals surface area contributed by atoms with Gasteiger partial charge in [0.15, 0.2) is 5.82 Å². The van der Waals surface area contributed by atoms with E-state index in [1.807, 2.05) is 0 Å². The van der Waals surface area contributed by atoms with Gasteiger partial charge in [0.05, 0.1) is 18.9 Å². The van der Waals surface area contributed by atoms with Gasteiger partial charge in [-0.3, -0.25) is 14.5 Å². The number of pyridine rings is 1. The Balaban J connectivity index is 2.37. The maximum Gasteiger partial charge on any atom is 0.260 e. The van der Waals surface area contributed by atoms with Crippen LogP contribution >= 0.6 is 0 Å². The predicted molar refractivity (Wildman–Crippen MR) is 73.3 cm³/mol. The number of aromatic nitrogens is 3. The molecule has 0 fully saturated rings. The van der Waals surface area contributed by atoms with Crippen molar-refractivity contribution in [3.63, 3.8) is 0 Å². The van der Waals surface area contributed by atoms with Gasteiger partial charge in [0.1, 0.15) is 10.6 Å². The van der Waals surface area contributed by atoms with Crippen molar-refractivity contribution in [1.82, 2.24) is 14.8 Å². The zero-order valence-electron chi connectivity index (χ0n) is 11.3. The molecule has 21 heavy (non-hydrogen) atoms. The van der Waals surface area contributed by atoms with Crippen LogP contribution in [0.4, 0.5) is 5.82 Å². The number of nitrogens with zero attached hydrogens (tertiary/aromatic N) is 3. The highest BCUT2D eigenvalue weighted by molar-refractivity contribution is 7.89. The molecule has 0 saturated heterocycles. The van der Waals surface area contributed by atoms with E-state index in [9.17, 15) is 13.2 Å². The molecule has 0 aliphatic heterocycles. The number of anilines is 1. The summed E-state index contributed by atoms with van der Waals surface area (Å²) >= 11 is 0. The topological polar surface area (TPSA) is 129 Å². The fourth-order valence-corrected chi connectivity index (χ4v) is 2.33. The Hall–Kier alpha value is -2.46. The molecule has 0 spiro atoms. The second kappa shape index (κ2) is 5.50. The van der Waals surface area contributed by atoms with Gasteiger partial charge in [-0.1, -0.05) is 0 Å². The van der Waals surface area contributed by atoms with E-state index in [0.717, 1.165) is 0 Å². The lowest BCUT2D eigenvalue weighted by atomic mass is 10.2. The van der Waals surface area contributed by atoms with E-state index in [1.165, 1.54) is 43.5 Å². The monoisotopic (exact) mass is 311 g/mol. The first-order valence-electron chi connectivity index (χ1n) is 5.68. The van der Waals surface area contributed by atoms with Gasteiger partial charge in [-0.15, -0.1) is 0 Å². The van der Waals surface area contributed by atoms with Gasteiger partial charge >= 0.3 is 0 Å². The number of amides is 1. The number of nitrogens with two attached hydrogens (primary N) is 1. The number of hydrogen-bond acceptors (Lipinski definition) is 6. The van der Waals surface area contributed by atoms with Gasteiger partial charge in [-0.05, 0) is 6.07 Å². The lowest BCUT2D eigenvalue weighted by Crippen LogP contribution is -2.18. The molecule has 2 rings (SSSR count). The number of primary sulfonamides is 1. The summed E-state index contributed by atoms with van der Waals surface area (Å²) in [5.41, 5.74) is 0.193. The van der Waals surface area contributed by atoms with E-state index in [-0.39, 0.29) is 22.0 Å².